The van der Waals surface area contributed by atoms with Gasteiger partial charge in [0.1, 0.15) is 4.88 Å². The molecule has 1 aromatic rings. The Labute approximate surface area is 156 Å². The average Bonchev–Trinajstić information content (AvgIpc) is 3.37. The highest BCUT2D eigenvalue weighted by atomic mass is 32.1. The summed E-state index contributed by atoms with van der Waals surface area (Å²) in [6, 6.07) is 1.81. The van der Waals surface area contributed by atoms with E-state index >= 15 is 0 Å². The SMILES string of the molecule is O=C(O)c1cc2c(s1)CCOC21CCN(C(=O)[C@H]2C[C@@H]3C=C[C@H]2C3)CC1. The molecule has 0 radical (unpaired) electrons. The molecule has 26 heavy (non-hydrogen) atoms. The van der Waals surface area contributed by atoms with Crippen molar-refractivity contribution in [2.45, 2.75) is 37.7 Å². The monoisotopic (exact) mass is 373 g/mol. The lowest BCUT2D eigenvalue weighted by molar-refractivity contribution is -0.145. The Morgan fingerprint density at radius 3 is 2.69 bits per heavy atom. The molecule has 1 amide bonds. The number of rotatable bonds is 2. The van der Waals surface area contributed by atoms with Crippen LogP contribution in [0.25, 0.3) is 0 Å². The lowest BCUT2D eigenvalue weighted by atomic mass is 9.81. The molecule has 3 atom stereocenters. The summed E-state index contributed by atoms with van der Waals surface area (Å²) in [5.41, 5.74) is 0.657. The van der Waals surface area contributed by atoms with E-state index in [9.17, 15) is 14.7 Å². The van der Waals surface area contributed by atoms with Crippen molar-refractivity contribution in [3.05, 3.63) is 33.5 Å². The van der Waals surface area contributed by atoms with Gasteiger partial charge in [-0.25, -0.2) is 4.79 Å². The second-order valence-electron chi connectivity index (χ2n) is 8.06. The largest absolute Gasteiger partial charge is 0.477 e. The summed E-state index contributed by atoms with van der Waals surface area (Å²) >= 11 is 1.38. The molecule has 5 nitrogen and oxygen atoms in total. The molecular weight excluding hydrogens is 350 g/mol. The standard InChI is InChI=1S/C20H23NO4S/c22-18(14-10-12-1-2-13(14)9-12)21-6-4-20(5-7-21)15-11-17(19(23)24)26-16(15)3-8-25-20/h1-2,11-14H,3-10H2,(H,23,24)/t12-,13+,14+/m1/s1. The second-order valence-corrected chi connectivity index (χ2v) is 9.19. The Bertz CT molecular complexity index is 790. The number of aromatic carboxylic acids is 1. The Morgan fingerprint density at radius 1 is 1.23 bits per heavy atom. The van der Waals surface area contributed by atoms with Crippen molar-refractivity contribution >= 4 is 23.2 Å². The normalized spacial score (nSPS) is 31.4. The molecule has 0 unspecified atom stereocenters. The van der Waals surface area contributed by atoms with E-state index in [-0.39, 0.29) is 5.92 Å². The van der Waals surface area contributed by atoms with E-state index in [0.717, 1.165) is 42.5 Å². The number of allylic oxidation sites excluding steroid dienone is 2. The first kappa shape index (κ1) is 16.5. The van der Waals surface area contributed by atoms with Gasteiger partial charge in [0.25, 0.3) is 0 Å². The molecule has 1 spiro atoms. The molecule has 0 aromatic carbocycles. The lowest BCUT2D eigenvalue weighted by Gasteiger charge is -2.44. The molecule has 1 N–H and O–H groups in total. The number of carbonyl (C=O) groups excluding carboxylic acids is 1. The van der Waals surface area contributed by atoms with Crippen molar-refractivity contribution in [3.63, 3.8) is 0 Å². The van der Waals surface area contributed by atoms with Gasteiger partial charge in [-0.1, -0.05) is 12.2 Å². The van der Waals surface area contributed by atoms with Gasteiger partial charge in [0.2, 0.25) is 5.91 Å². The summed E-state index contributed by atoms with van der Waals surface area (Å²) in [5, 5.41) is 9.32. The predicted molar refractivity (Wildman–Crippen MR) is 97.3 cm³/mol. The number of piperidine rings is 1. The minimum Gasteiger partial charge on any atom is -0.477 e. The van der Waals surface area contributed by atoms with Crippen molar-refractivity contribution < 1.29 is 19.4 Å². The third kappa shape index (κ3) is 2.46. The van der Waals surface area contributed by atoms with E-state index in [0.29, 0.717) is 42.3 Å². The summed E-state index contributed by atoms with van der Waals surface area (Å²) < 4.78 is 6.19. The molecular formula is C20H23NO4S. The number of fused-ring (bicyclic) bond motifs is 4. The number of carbonyl (C=O) groups is 2. The number of carboxylic acid groups (broad SMARTS) is 1. The number of nitrogens with zero attached hydrogens (tertiary/aromatic N) is 1. The third-order valence-corrected chi connectivity index (χ3v) is 7.88. The van der Waals surface area contributed by atoms with Gasteiger partial charge in [0.15, 0.2) is 0 Å². The fourth-order valence-electron chi connectivity index (χ4n) is 5.32. The molecule has 2 fully saturated rings. The molecule has 2 aliphatic heterocycles. The maximum atomic E-state index is 13.0. The van der Waals surface area contributed by atoms with Gasteiger partial charge >= 0.3 is 5.97 Å². The molecule has 4 aliphatic rings. The maximum absolute atomic E-state index is 13.0. The Kier molecular flexibility index (Phi) is 3.76. The summed E-state index contributed by atoms with van der Waals surface area (Å²) in [4.78, 5) is 27.9. The first-order valence-electron chi connectivity index (χ1n) is 9.53. The van der Waals surface area contributed by atoms with Crippen molar-refractivity contribution in [2.24, 2.45) is 17.8 Å². The van der Waals surface area contributed by atoms with Crippen LogP contribution in [0.15, 0.2) is 18.2 Å². The van der Waals surface area contributed by atoms with Crippen molar-refractivity contribution in [3.8, 4) is 0 Å². The second kappa shape index (κ2) is 5.92. The van der Waals surface area contributed by atoms with Gasteiger partial charge in [-0.2, -0.15) is 0 Å². The fraction of sp³-hybridized carbons (Fsp3) is 0.600. The number of thiophene rings is 1. The van der Waals surface area contributed by atoms with Crippen LogP contribution in [0.2, 0.25) is 0 Å². The molecule has 138 valence electrons. The molecule has 5 rings (SSSR count). The first-order chi connectivity index (χ1) is 12.6. The van der Waals surface area contributed by atoms with Crippen LogP contribution >= 0.6 is 11.3 Å². The van der Waals surface area contributed by atoms with E-state index in [1.54, 1.807) is 6.07 Å². The Hall–Kier alpha value is -1.66. The minimum atomic E-state index is -0.864. The average molecular weight is 373 g/mol. The number of ether oxygens (including phenoxy) is 1. The molecule has 1 aromatic heterocycles. The van der Waals surface area contributed by atoms with Gasteiger partial charge in [0, 0.05) is 30.3 Å². The minimum absolute atomic E-state index is 0.168. The van der Waals surface area contributed by atoms with E-state index in [1.807, 2.05) is 4.90 Å². The zero-order valence-corrected chi connectivity index (χ0v) is 15.5. The molecule has 1 saturated carbocycles. The van der Waals surface area contributed by atoms with Crippen LogP contribution < -0.4 is 0 Å². The van der Waals surface area contributed by atoms with Gasteiger partial charge < -0.3 is 14.7 Å². The highest BCUT2D eigenvalue weighted by molar-refractivity contribution is 7.14. The van der Waals surface area contributed by atoms with Gasteiger partial charge in [0.05, 0.1) is 12.2 Å². The zero-order chi connectivity index (χ0) is 17.9. The molecule has 3 heterocycles. The number of hydrogen-bond donors (Lipinski definition) is 1. The summed E-state index contributed by atoms with van der Waals surface area (Å²) in [5.74, 6) is 0.660. The number of carboxylic acids is 1. The summed E-state index contributed by atoms with van der Waals surface area (Å²) in [6.07, 6.45) is 8.97. The highest BCUT2D eigenvalue weighted by Gasteiger charge is 2.46. The summed E-state index contributed by atoms with van der Waals surface area (Å²) in [6.45, 7) is 2.04. The van der Waals surface area contributed by atoms with Gasteiger partial charge in [-0.3, -0.25) is 4.79 Å². The third-order valence-electron chi connectivity index (χ3n) is 6.70. The van der Waals surface area contributed by atoms with Crippen LogP contribution in [0, 0.1) is 17.8 Å². The number of amides is 1. The van der Waals surface area contributed by atoms with E-state index in [1.165, 1.54) is 11.3 Å². The van der Waals surface area contributed by atoms with E-state index < -0.39 is 11.6 Å². The number of likely N-dealkylation sites (tertiary alicyclic amines) is 1. The summed E-state index contributed by atoms with van der Waals surface area (Å²) in [7, 11) is 0. The van der Waals surface area contributed by atoms with Crippen LogP contribution in [0.4, 0.5) is 0 Å². The molecule has 1 saturated heterocycles. The smallest absolute Gasteiger partial charge is 0.345 e. The van der Waals surface area contributed by atoms with E-state index in [2.05, 4.69) is 12.2 Å². The van der Waals surface area contributed by atoms with Crippen molar-refractivity contribution in [1.82, 2.24) is 4.90 Å². The fourth-order valence-corrected chi connectivity index (χ4v) is 6.39. The predicted octanol–water partition coefficient (Wildman–Crippen LogP) is 3.05. The quantitative estimate of drug-likeness (QED) is 0.809. The molecule has 2 aliphatic carbocycles. The molecule has 6 heteroatoms. The van der Waals surface area contributed by atoms with Crippen molar-refractivity contribution in [1.29, 1.82) is 0 Å². The van der Waals surface area contributed by atoms with Crippen LogP contribution in [-0.4, -0.2) is 41.6 Å². The zero-order valence-electron chi connectivity index (χ0n) is 14.6. The van der Waals surface area contributed by atoms with E-state index in [4.69, 9.17) is 4.74 Å². The number of hydrogen-bond acceptors (Lipinski definition) is 4. The van der Waals surface area contributed by atoms with Crippen LogP contribution in [0.5, 0.6) is 0 Å². The Morgan fingerprint density at radius 2 is 2.04 bits per heavy atom. The van der Waals surface area contributed by atoms with Crippen LogP contribution in [0.3, 0.4) is 0 Å². The maximum Gasteiger partial charge on any atom is 0.345 e. The molecule has 2 bridgehead atoms. The Balaban J connectivity index is 1.32. The van der Waals surface area contributed by atoms with Crippen molar-refractivity contribution in [2.75, 3.05) is 19.7 Å². The lowest BCUT2D eigenvalue weighted by Crippen LogP contribution is -2.49. The topological polar surface area (TPSA) is 66.8 Å². The van der Waals surface area contributed by atoms with Gasteiger partial charge in [-0.15, -0.1) is 11.3 Å². The van der Waals surface area contributed by atoms with Crippen LogP contribution in [-0.2, 0) is 21.6 Å². The van der Waals surface area contributed by atoms with Gasteiger partial charge in [-0.05, 0) is 49.1 Å². The highest BCUT2D eigenvalue weighted by Crippen LogP contribution is 2.47. The van der Waals surface area contributed by atoms with Crippen LogP contribution in [0.1, 0.15) is 45.8 Å². The first-order valence-corrected chi connectivity index (χ1v) is 10.3.